The summed E-state index contributed by atoms with van der Waals surface area (Å²) in [6.07, 6.45) is 5.47. The largest absolute Gasteiger partial charge is 0.306 e. The summed E-state index contributed by atoms with van der Waals surface area (Å²) in [6.45, 7) is 6.86. The van der Waals surface area contributed by atoms with E-state index in [2.05, 4.69) is 48.0 Å². The van der Waals surface area contributed by atoms with Crippen LogP contribution in [0, 0.1) is 10.1 Å². The minimum absolute atomic E-state index is 0.0422. The SMILES string of the molecule is CC1(C)CN(Cc2ccc(-n3ccnc3)cc2)Cc2cc([N+](=O)[O-])ccc21. The Bertz CT molecular complexity index is 962. The van der Waals surface area contributed by atoms with E-state index in [9.17, 15) is 10.1 Å². The van der Waals surface area contributed by atoms with Gasteiger partial charge < -0.3 is 4.57 Å². The van der Waals surface area contributed by atoms with Gasteiger partial charge in [0.25, 0.3) is 5.69 Å². The fourth-order valence-corrected chi connectivity index (χ4v) is 3.98. The summed E-state index contributed by atoms with van der Waals surface area (Å²) < 4.78 is 1.98. The van der Waals surface area contributed by atoms with E-state index in [-0.39, 0.29) is 16.0 Å². The molecule has 0 N–H and O–H groups in total. The number of nitro groups is 1. The smallest absolute Gasteiger partial charge is 0.269 e. The van der Waals surface area contributed by atoms with Gasteiger partial charge in [-0.05, 0) is 28.8 Å². The normalized spacial score (nSPS) is 16.1. The van der Waals surface area contributed by atoms with Crippen molar-refractivity contribution in [1.29, 1.82) is 0 Å². The number of fused-ring (bicyclic) bond motifs is 1. The van der Waals surface area contributed by atoms with Gasteiger partial charge in [0.05, 0.1) is 11.3 Å². The third-order valence-corrected chi connectivity index (χ3v) is 5.19. The van der Waals surface area contributed by atoms with Gasteiger partial charge in [-0.2, -0.15) is 0 Å². The van der Waals surface area contributed by atoms with Crippen LogP contribution in [0.5, 0.6) is 0 Å². The topological polar surface area (TPSA) is 64.2 Å². The summed E-state index contributed by atoms with van der Waals surface area (Å²) in [7, 11) is 0. The first kappa shape index (κ1) is 17.4. The number of nitro benzene ring substituents is 1. The van der Waals surface area contributed by atoms with Gasteiger partial charge in [-0.15, -0.1) is 0 Å². The average molecular weight is 362 g/mol. The summed E-state index contributed by atoms with van der Waals surface area (Å²) in [6, 6.07) is 13.7. The van der Waals surface area contributed by atoms with Crippen molar-refractivity contribution in [3.05, 3.63) is 88.0 Å². The second-order valence-electron chi connectivity index (χ2n) is 7.76. The zero-order valence-electron chi connectivity index (χ0n) is 15.5. The van der Waals surface area contributed by atoms with Crippen molar-refractivity contribution in [2.24, 2.45) is 0 Å². The molecule has 6 nitrogen and oxygen atoms in total. The van der Waals surface area contributed by atoms with Crippen molar-refractivity contribution in [3.8, 4) is 5.69 Å². The van der Waals surface area contributed by atoms with Gasteiger partial charge in [0, 0.05) is 55.3 Å². The summed E-state index contributed by atoms with van der Waals surface area (Å²) >= 11 is 0. The molecule has 27 heavy (non-hydrogen) atoms. The van der Waals surface area contributed by atoms with Crippen LogP contribution in [0.25, 0.3) is 5.69 Å². The highest BCUT2D eigenvalue weighted by Gasteiger charge is 2.32. The van der Waals surface area contributed by atoms with Crippen LogP contribution in [0.15, 0.2) is 61.2 Å². The number of hydrogen-bond acceptors (Lipinski definition) is 4. The number of non-ortho nitro benzene ring substituents is 1. The Kier molecular flexibility index (Phi) is 4.28. The average Bonchev–Trinajstić information content (AvgIpc) is 3.16. The first-order valence-electron chi connectivity index (χ1n) is 9.00. The van der Waals surface area contributed by atoms with Crippen molar-refractivity contribution in [1.82, 2.24) is 14.5 Å². The maximum Gasteiger partial charge on any atom is 0.269 e. The van der Waals surface area contributed by atoms with Crippen LogP contribution in [-0.4, -0.2) is 25.9 Å². The highest BCUT2D eigenvalue weighted by atomic mass is 16.6. The molecular weight excluding hydrogens is 340 g/mol. The second-order valence-corrected chi connectivity index (χ2v) is 7.76. The van der Waals surface area contributed by atoms with Gasteiger partial charge in [-0.3, -0.25) is 15.0 Å². The summed E-state index contributed by atoms with van der Waals surface area (Å²) in [5.74, 6) is 0. The summed E-state index contributed by atoms with van der Waals surface area (Å²) in [4.78, 5) is 17.3. The van der Waals surface area contributed by atoms with Crippen LogP contribution in [-0.2, 0) is 18.5 Å². The zero-order chi connectivity index (χ0) is 19.0. The Morgan fingerprint density at radius 1 is 1.19 bits per heavy atom. The van der Waals surface area contributed by atoms with Crippen LogP contribution in [0.3, 0.4) is 0 Å². The van der Waals surface area contributed by atoms with E-state index in [1.165, 1.54) is 11.1 Å². The maximum atomic E-state index is 11.1. The molecule has 0 radical (unpaired) electrons. The van der Waals surface area contributed by atoms with Crippen LogP contribution in [0.4, 0.5) is 5.69 Å². The maximum absolute atomic E-state index is 11.1. The van der Waals surface area contributed by atoms with Crippen molar-refractivity contribution < 1.29 is 4.92 Å². The number of aromatic nitrogens is 2. The second kappa shape index (κ2) is 6.63. The third kappa shape index (κ3) is 3.48. The minimum Gasteiger partial charge on any atom is -0.306 e. The lowest BCUT2D eigenvalue weighted by Gasteiger charge is -2.40. The predicted octanol–water partition coefficient (Wildman–Crippen LogP) is 4.07. The van der Waals surface area contributed by atoms with Crippen LogP contribution >= 0.6 is 0 Å². The molecule has 0 bridgehead atoms. The molecule has 3 aromatic rings. The van der Waals surface area contributed by atoms with Gasteiger partial charge >= 0.3 is 0 Å². The van der Waals surface area contributed by atoms with Crippen LogP contribution in [0.2, 0.25) is 0 Å². The first-order valence-corrected chi connectivity index (χ1v) is 9.00. The van der Waals surface area contributed by atoms with Gasteiger partial charge in [-0.25, -0.2) is 4.98 Å². The number of hydrogen-bond donors (Lipinski definition) is 0. The number of benzene rings is 2. The quantitative estimate of drug-likeness (QED) is 0.518. The molecule has 0 unspecified atom stereocenters. The Balaban J connectivity index is 1.55. The molecule has 0 amide bonds. The third-order valence-electron chi connectivity index (χ3n) is 5.19. The van der Waals surface area contributed by atoms with Gasteiger partial charge in [0.15, 0.2) is 0 Å². The van der Waals surface area contributed by atoms with Crippen LogP contribution in [0.1, 0.15) is 30.5 Å². The van der Waals surface area contributed by atoms with Crippen molar-refractivity contribution in [2.45, 2.75) is 32.4 Å². The van der Waals surface area contributed by atoms with E-state index in [1.807, 2.05) is 16.8 Å². The van der Waals surface area contributed by atoms with E-state index in [0.29, 0.717) is 0 Å². The molecule has 138 valence electrons. The molecule has 0 fully saturated rings. The lowest BCUT2D eigenvalue weighted by atomic mass is 9.78. The summed E-state index contributed by atoms with van der Waals surface area (Å²) in [5.41, 5.74) is 4.69. The van der Waals surface area contributed by atoms with Gasteiger partial charge in [0.1, 0.15) is 0 Å². The van der Waals surface area contributed by atoms with Crippen molar-refractivity contribution in [2.75, 3.05) is 6.54 Å². The fourth-order valence-electron chi connectivity index (χ4n) is 3.98. The van der Waals surface area contributed by atoms with E-state index in [4.69, 9.17) is 0 Å². The van der Waals surface area contributed by atoms with Crippen molar-refractivity contribution >= 4 is 5.69 Å². The van der Waals surface area contributed by atoms with E-state index < -0.39 is 0 Å². The minimum atomic E-state index is -0.318. The highest BCUT2D eigenvalue weighted by Crippen LogP contribution is 2.35. The molecule has 0 saturated carbocycles. The Morgan fingerprint density at radius 3 is 2.63 bits per heavy atom. The predicted molar refractivity (Wildman–Crippen MR) is 104 cm³/mol. The van der Waals surface area contributed by atoms with E-state index >= 15 is 0 Å². The molecule has 0 aliphatic carbocycles. The molecule has 0 atom stereocenters. The number of rotatable bonds is 4. The Hall–Kier alpha value is -2.99. The van der Waals surface area contributed by atoms with Crippen LogP contribution < -0.4 is 0 Å². The molecule has 1 aromatic heterocycles. The molecule has 0 saturated heterocycles. The van der Waals surface area contributed by atoms with Gasteiger partial charge in [0.2, 0.25) is 0 Å². The van der Waals surface area contributed by atoms with Crippen molar-refractivity contribution in [3.63, 3.8) is 0 Å². The van der Waals surface area contributed by atoms with Gasteiger partial charge in [-0.1, -0.05) is 32.0 Å². The lowest BCUT2D eigenvalue weighted by Crippen LogP contribution is -2.41. The molecule has 0 spiro atoms. The number of imidazole rings is 1. The zero-order valence-corrected chi connectivity index (χ0v) is 15.5. The molecule has 1 aliphatic heterocycles. The molecule has 6 heteroatoms. The molecule has 2 aromatic carbocycles. The highest BCUT2D eigenvalue weighted by molar-refractivity contribution is 5.44. The number of nitrogens with zero attached hydrogens (tertiary/aromatic N) is 4. The summed E-state index contributed by atoms with van der Waals surface area (Å²) in [5, 5.41) is 11.1. The molecule has 2 heterocycles. The molecule has 1 aliphatic rings. The Morgan fingerprint density at radius 2 is 1.96 bits per heavy atom. The van der Waals surface area contributed by atoms with E-state index in [1.54, 1.807) is 24.7 Å². The Labute approximate surface area is 158 Å². The van der Waals surface area contributed by atoms with E-state index in [0.717, 1.165) is 30.9 Å². The molecule has 4 rings (SSSR count). The fraction of sp³-hybridized carbons (Fsp3) is 0.286. The molecular formula is C21H22N4O2. The standard InChI is InChI=1S/C21H22N4O2/c1-21(2)14-23(13-17-11-19(25(26)27)7-8-20(17)21)12-16-3-5-18(6-4-16)24-10-9-22-15-24/h3-11,15H,12-14H2,1-2H3. The first-order chi connectivity index (χ1) is 12.9. The monoisotopic (exact) mass is 362 g/mol. The lowest BCUT2D eigenvalue weighted by molar-refractivity contribution is -0.385.